The number of amides is 2. The van der Waals surface area contributed by atoms with E-state index < -0.39 is 5.97 Å². The molecule has 0 fully saturated rings. The first kappa shape index (κ1) is 14.4. The van der Waals surface area contributed by atoms with Crippen molar-refractivity contribution in [2.45, 2.75) is 26.4 Å². The number of para-hydroxylation sites is 1. The molecule has 1 aliphatic heterocycles. The maximum atomic E-state index is 12.0. The van der Waals surface area contributed by atoms with E-state index in [0.29, 0.717) is 26.1 Å². The summed E-state index contributed by atoms with van der Waals surface area (Å²) in [5, 5.41) is 13.0. The average molecular weight is 301 g/mol. The fourth-order valence-electron chi connectivity index (χ4n) is 3.15. The molecule has 0 aliphatic carbocycles. The van der Waals surface area contributed by atoms with E-state index in [1.165, 1.54) is 0 Å². The Bertz CT molecular complexity index is 736. The van der Waals surface area contributed by atoms with Gasteiger partial charge in [-0.15, -0.1) is 0 Å². The zero-order valence-corrected chi connectivity index (χ0v) is 12.5. The van der Waals surface area contributed by atoms with Crippen LogP contribution in [0.15, 0.2) is 24.3 Å². The predicted octanol–water partition coefficient (Wildman–Crippen LogP) is 1.81. The van der Waals surface area contributed by atoms with Crippen LogP contribution in [0, 0.1) is 0 Å². The molecule has 1 aromatic carbocycles. The number of benzene rings is 1. The third-order valence-corrected chi connectivity index (χ3v) is 4.07. The number of nitrogens with one attached hydrogen (secondary N) is 1. The van der Waals surface area contributed by atoms with E-state index in [2.05, 4.69) is 5.32 Å². The molecule has 2 N–H and O–H groups in total. The van der Waals surface area contributed by atoms with E-state index >= 15 is 0 Å². The van der Waals surface area contributed by atoms with E-state index in [0.717, 1.165) is 22.2 Å². The highest BCUT2D eigenvalue weighted by Gasteiger charge is 2.26. The summed E-state index contributed by atoms with van der Waals surface area (Å²) in [6.07, 6.45) is 0.675. The number of hydrogen-bond acceptors (Lipinski definition) is 2. The fourth-order valence-corrected chi connectivity index (χ4v) is 3.15. The Labute approximate surface area is 128 Å². The molecule has 0 radical (unpaired) electrons. The highest BCUT2D eigenvalue weighted by molar-refractivity contribution is 5.88. The minimum atomic E-state index is -0.852. The van der Waals surface area contributed by atoms with Crippen molar-refractivity contribution in [2.75, 3.05) is 13.1 Å². The third-order valence-electron chi connectivity index (χ3n) is 4.07. The largest absolute Gasteiger partial charge is 0.480 e. The highest BCUT2D eigenvalue weighted by atomic mass is 16.4. The predicted molar refractivity (Wildman–Crippen MR) is 82.8 cm³/mol. The summed E-state index contributed by atoms with van der Waals surface area (Å²) in [5.74, 6) is -0.852. The molecule has 3 rings (SSSR count). The minimum absolute atomic E-state index is 0.0446. The van der Waals surface area contributed by atoms with Gasteiger partial charge in [0.15, 0.2) is 0 Å². The molecule has 116 valence electrons. The number of carboxylic acid groups (broad SMARTS) is 1. The van der Waals surface area contributed by atoms with Gasteiger partial charge in [0.25, 0.3) is 0 Å². The van der Waals surface area contributed by atoms with Crippen LogP contribution < -0.4 is 5.32 Å². The summed E-state index contributed by atoms with van der Waals surface area (Å²) < 4.78 is 1.86. The SMILES string of the molecule is CCNC(=O)N1CCc2c(c3ccccc3n2CC(=O)O)C1. The highest BCUT2D eigenvalue weighted by Crippen LogP contribution is 2.30. The quantitative estimate of drug-likeness (QED) is 0.908. The van der Waals surface area contributed by atoms with E-state index in [1.807, 2.05) is 35.8 Å². The summed E-state index contributed by atoms with van der Waals surface area (Å²) >= 11 is 0. The summed E-state index contributed by atoms with van der Waals surface area (Å²) in [5.41, 5.74) is 3.02. The number of carboxylic acids is 1. The number of nitrogens with zero attached hydrogens (tertiary/aromatic N) is 2. The Kier molecular flexibility index (Phi) is 3.75. The van der Waals surface area contributed by atoms with Crippen LogP contribution in [-0.4, -0.2) is 39.7 Å². The Hall–Kier alpha value is -2.50. The summed E-state index contributed by atoms with van der Waals surface area (Å²) in [6, 6.07) is 7.72. The first-order chi connectivity index (χ1) is 10.6. The summed E-state index contributed by atoms with van der Waals surface area (Å²) in [7, 11) is 0. The van der Waals surface area contributed by atoms with Crippen molar-refractivity contribution in [1.82, 2.24) is 14.8 Å². The minimum Gasteiger partial charge on any atom is -0.480 e. The lowest BCUT2D eigenvalue weighted by molar-refractivity contribution is -0.137. The second kappa shape index (κ2) is 5.71. The number of rotatable bonds is 3. The molecular weight excluding hydrogens is 282 g/mol. The van der Waals surface area contributed by atoms with E-state index in [1.54, 1.807) is 4.90 Å². The van der Waals surface area contributed by atoms with Gasteiger partial charge < -0.3 is 19.9 Å². The lowest BCUT2D eigenvalue weighted by Gasteiger charge is -2.28. The van der Waals surface area contributed by atoms with Crippen LogP contribution in [0.3, 0.4) is 0 Å². The maximum absolute atomic E-state index is 12.0. The Morgan fingerprint density at radius 3 is 2.82 bits per heavy atom. The zero-order chi connectivity index (χ0) is 15.7. The van der Waals surface area contributed by atoms with Gasteiger partial charge in [-0.25, -0.2) is 4.79 Å². The van der Waals surface area contributed by atoms with Gasteiger partial charge >= 0.3 is 12.0 Å². The van der Waals surface area contributed by atoms with Crippen molar-refractivity contribution in [1.29, 1.82) is 0 Å². The number of hydrogen-bond donors (Lipinski definition) is 2. The van der Waals surface area contributed by atoms with Crippen molar-refractivity contribution in [3.05, 3.63) is 35.5 Å². The normalized spacial score (nSPS) is 14.0. The van der Waals surface area contributed by atoms with Crippen molar-refractivity contribution >= 4 is 22.9 Å². The van der Waals surface area contributed by atoms with Gasteiger partial charge in [0, 0.05) is 48.2 Å². The Morgan fingerprint density at radius 2 is 2.09 bits per heavy atom. The summed E-state index contributed by atoms with van der Waals surface area (Å²) in [4.78, 5) is 25.0. The van der Waals surface area contributed by atoms with Gasteiger partial charge in [-0.1, -0.05) is 18.2 Å². The molecule has 22 heavy (non-hydrogen) atoms. The van der Waals surface area contributed by atoms with Crippen LogP contribution in [0.4, 0.5) is 4.79 Å². The first-order valence-electron chi connectivity index (χ1n) is 7.45. The molecule has 6 nitrogen and oxygen atoms in total. The third kappa shape index (κ3) is 2.41. The molecule has 0 saturated heterocycles. The molecule has 0 spiro atoms. The topological polar surface area (TPSA) is 74.6 Å². The van der Waals surface area contributed by atoms with E-state index in [9.17, 15) is 9.59 Å². The van der Waals surface area contributed by atoms with Crippen molar-refractivity contribution in [3.63, 3.8) is 0 Å². The Balaban J connectivity index is 2.04. The van der Waals surface area contributed by atoms with Crippen molar-refractivity contribution in [3.8, 4) is 0 Å². The first-order valence-corrected chi connectivity index (χ1v) is 7.45. The molecule has 6 heteroatoms. The number of carbonyl (C=O) groups excluding carboxylic acids is 1. The van der Waals surface area contributed by atoms with Crippen molar-refractivity contribution in [2.24, 2.45) is 0 Å². The van der Waals surface area contributed by atoms with E-state index in [-0.39, 0.29) is 12.6 Å². The van der Waals surface area contributed by atoms with Gasteiger partial charge in [0.2, 0.25) is 0 Å². The standard InChI is InChI=1S/C16H19N3O3/c1-2-17-16(22)18-8-7-14-12(9-18)11-5-3-4-6-13(11)19(14)10-15(20)21/h3-6H,2,7-10H2,1H3,(H,17,22)(H,20,21). The molecule has 1 aromatic heterocycles. The van der Waals surface area contributed by atoms with Crippen LogP contribution in [-0.2, 0) is 24.3 Å². The molecule has 2 amide bonds. The molecule has 0 bridgehead atoms. The Morgan fingerprint density at radius 1 is 1.32 bits per heavy atom. The smallest absolute Gasteiger partial charge is 0.323 e. The average Bonchev–Trinajstić information content (AvgIpc) is 2.81. The molecular formula is C16H19N3O3. The number of aliphatic carboxylic acids is 1. The van der Waals surface area contributed by atoms with Gasteiger partial charge in [0.05, 0.1) is 0 Å². The van der Waals surface area contributed by atoms with Crippen LogP contribution >= 0.6 is 0 Å². The molecule has 0 saturated carbocycles. The van der Waals surface area contributed by atoms with Crippen LogP contribution in [0.1, 0.15) is 18.2 Å². The summed E-state index contributed by atoms with van der Waals surface area (Å²) in [6.45, 7) is 3.58. The zero-order valence-electron chi connectivity index (χ0n) is 12.5. The fraction of sp³-hybridized carbons (Fsp3) is 0.375. The van der Waals surface area contributed by atoms with Crippen LogP contribution in [0.5, 0.6) is 0 Å². The molecule has 0 unspecified atom stereocenters. The lowest BCUT2D eigenvalue weighted by atomic mass is 10.0. The molecule has 2 heterocycles. The van der Waals surface area contributed by atoms with Gasteiger partial charge in [-0.05, 0) is 13.0 Å². The number of fused-ring (bicyclic) bond motifs is 3. The monoisotopic (exact) mass is 301 g/mol. The van der Waals surface area contributed by atoms with Gasteiger partial charge in [-0.3, -0.25) is 4.79 Å². The number of aromatic nitrogens is 1. The maximum Gasteiger partial charge on any atom is 0.323 e. The molecule has 0 atom stereocenters. The van der Waals surface area contributed by atoms with E-state index in [4.69, 9.17) is 5.11 Å². The molecule has 2 aromatic rings. The lowest BCUT2D eigenvalue weighted by Crippen LogP contribution is -2.42. The second-order valence-corrected chi connectivity index (χ2v) is 5.43. The van der Waals surface area contributed by atoms with Crippen molar-refractivity contribution < 1.29 is 14.7 Å². The number of urea groups is 1. The van der Waals surface area contributed by atoms with Crippen LogP contribution in [0.25, 0.3) is 10.9 Å². The van der Waals surface area contributed by atoms with Crippen LogP contribution in [0.2, 0.25) is 0 Å². The van der Waals surface area contributed by atoms with Gasteiger partial charge in [-0.2, -0.15) is 0 Å². The second-order valence-electron chi connectivity index (χ2n) is 5.43. The molecule has 1 aliphatic rings. The number of carbonyl (C=O) groups is 2. The van der Waals surface area contributed by atoms with Gasteiger partial charge in [0.1, 0.15) is 6.54 Å².